The number of halogens is 2. The lowest BCUT2D eigenvalue weighted by atomic mass is 10.2. The molecule has 0 spiro atoms. The molecule has 5 heteroatoms. The summed E-state index contributed by atoms with van der Waals surface area (Å²) in [5.74, 6) is -2.46. The van der Waals surface area contributed by atoms with Gasteiger partial charge in [-0.15, -0.1) is 0 Å². The molecule has 2 rings (SSSR count). The first-order chi connectivity index (χ1) is 7.11. The Kier molecular flexibility index (Phi) is 2.15. The fourth-order valence-corrected chi connectivity index (χ4v) is 1.28. The Hall–Kier alpha value is -1.91. The van der Waals surface area contributed by atoms with Crippen molar-refractivity contribution in [1.82, 2.24) is 0 Å². The highest BCUT2D eigenvalue weighted by atomic mass is 19.1. The molecule has 1 heterocycles. The summed E-state index contributed by atoms with van der Waals surface area (Å²) in [5.41, 5.74) is -0.156. The van der Waals surface area contributed by atoms with Crippen molar-refractivity contribution in [1.29, 1.82) is 0 Å². The lowest BCUT2D eigenvalue weighted by Gasteiger charge is -1.92. The van der Waals surface area contributed by atoms with E-state index in [2.05, 4.69) is 4.74 Å². The predicted molar refractivity (Wildman–Crippen MR) is 47.5 cm³/mol. The molecule has 0 bridgehead atoms. The molecule has 0 N–H and O–H groups in total. The fraction of sp³-hybridized carbons (Fsp3) is 0.100. The van der Waals surface area contributed by atoms with E-state index >= 15 is 0 Å². The van der Waals surface area contributed by atoms with Gasteiger partial charge >= 0.3 is 5.97 Å². The van der Waals surface area contributed by atoms with Crippen molar-refractivity contribution in [2.75, 3.05) is 7.11 Å². The van der Waals surface area contributed by atoms with Crippen LogP contribution in [0, 0.1) is 11.6 Å². The van der Waals surface area contributed by atoms with E-state index in [4.69, 9.17) is 4.42 Å². The maximum Gasteiger partial charge on any atom is 0.373 e. The highest BCUT2D eigenvalue weighted by molar-refractivity contribution is 5.92. The molecule has 0 saturated carbocycles. The number of furan rings is 1. The van der Waals surface area contributed by atoms with Gasteiger partial charge in [0, 0.05) is 11.5 Å². The van der Waals surface area contributed by atoms with Crippen molar-refractivity contribution in [3.8, 4) is 0 Å². The van der Waals surface area contributed by atoms with E-state index < -0.39 is 17.6 Å². The number of hydrogen-bond donors (Lipinski definition) is 0. The first kappa shape index (κ1) is 9.64. The number of rotatable bonds is 1. The lowest BCUT2D eigenvalue weighted by molar-refractivity contribution is 0.0567. The minimum Gasteiger partial charge on any atom is -0.463 e. The van der Waals surface area contributed by atoms with E-state index in [1.165, 1.54) is 13.2 Å². The summed E-state index contributed by atoms with van der Waals surface area (Å²) < 4.78 is 35.2. The molecular formula is C10H6F2O3. The van der Waals surface area contributed by atoms with Crippen molar-refractivity contribution in [3.05, 3.63) is 35.6 Å². The van der Waals surface area contributed by atoms with Crippen molar-refractivity contribution in [3.63, 3.8) is 0 Å². The van der Waals surface area contributed by atoms with Gasteiger partial charge in [-0.1, -0.05) is 0 Å². The maximum absolute atomic E-state index is 13.1. The quantitative estimate of drug-likeness (QED) is 0.681. The Labute approximate surface area is 83.2 Å². The predicted octanol–water partition coefficient (Wildman–Crippen LogP) is 2.50. The van der Waals surface area contributed by atoms with Crippen molar-refractivity contribution < 1.29 is 22.7 Å². The molecule has 1 aromatic heterocycles. The number of esters is 1. The van der Waals surface area contributed by atoms with Gasteiger partial charge < -0.3 is 9.15 Å². The van der Waals surface area contributed by atoms with Gasteiger partial charge in [-0.3, -0.25) is 0 Å². The summed E-state index contributed by atoms with van der Waals surface area (Å²) in [6.07, 6.45) is 0. The van der Waals surface area contributed by atoms with Gasteiger partial charge in [0.1, 0.15) is 5.82 Å². The van der Waals surface area contributed by atoms with Crippen LogP contribution in [0.4, 0.5) is 8.78 Å². The molecule has 0 atom stereocenters. The second-order valence-electron chi connectivity index (χ2n) is 2.91. The molecule has 78 valence electrons. The molecule has 0 fully saturated rings. The molecular weight excluding hydrogens is 206 g/mol. The molecule has 0 aliphatic heterocycles. The van der Waals surface area contributed by atoms with Crippen LogP contribution in [0.15, 0.2) is 22.6 Å². The lowest BCUT2D eigenvalue weighted by Crippen LogP contribution is -1.97. The smallest absolute Gasteiger partial charge is 0.373 e. The summed E-state index contributed by atoms with van der Waals surface area (Å²) >= 11 is 0. The second-order valence-corrected chi connectivity index (χ2v) is 2.91. The molecule has 0 radical (unpaired) electrons. The summed E-state index contributed by atoms with van der Waals surface area (Å²) in [6, 6.07) is 2.99. The zero-order chi connectivity index (χ0) is 11.0. The third kappa shape index (κ3) is 1.56. The minimum absolute atomic E-state index is 0.156. The first-order valence-electron chi connectivity index (χ1n) is 4.08. The number of ether oxygens (including phenoxy) is 1. The number of carbonyl (C=O) groups excluding carboxylic acids is 1. The van der Waals surface area contributed by atoms with Gasteiger partial charge in [-0.2, -0.15) is 0 Å². The molecule has 0 aliphatic carbocycles. The monoisotopic (exact) mass is 212 g/mol. The van der Waals surface area contributed by atoms with Crippen LogP contribution >= 0.6 is 0 Å². The molecule has 0 saturated heterocycles. The third-order valence-electron chi connectivity index (χ3n) is 1.92. The largest absolute Gasteiger partial charge is 0.463 e. The van der Waals surface area contributed by atoms with E-state index in [0.29, 0.717) is 6.07 Å². The van der Waals surface area contributed by atoms with Gasteiger partial charge in [0.2, 0.25) is 5.76 Å². The molecule has 0 aliphatic rings. The van der Waals surface area contributed by atoms with Crippen LogP contribution in [-0.4, -0.2) is 13.1 Å². The summed E-state index contributed by atoms with van der Waals surface area (Å²) in [7, 11) is 1.17. The SMILES string of the molecule is COC(=O)c1cc2cc(F)cc(F)c2o1. The molecule has 2 aromatic rings. The van der Waals surface area contributed by atoms with Crippen molar-refractivity contribution in [2.45, 2.75) is 0 Å². The van der Waals surface area contributed by atoms with Crippen LogP contribution < -0.4 is 0 Å². The van der Waals surface area contributed by atoms with Gasteiger partial charge in [0.05, 0.1) is 7.11 Å². The van der Waals surface area contributed by atoms with Crippen LogP contribution in [0.25, 0.3) is 11.0 Å². The van der Waals surface area contributed by atoms with E-state index in [1.54, 1.807) is 0 Å². The standard InChI is InChI=1S/C10H6F2O3/c1-14-10(13)8-3-5-2-6(11)4-7(12)9(5)15-8/h2-4H,1H3. The Morgan fingerprint density at radius 3 is 2.73 bits per heavy atom. The molecule has 0 unspecified atom stereocenters. The average Bonchev–Trinajstić information content (AvgIpc) is 2.60. The number of hydrogen-bond acceptors (Lipinski definition) is 3. The normalized spacial score (nSPS) is 10.6. The molecule has 1 aromatic carbocycles. The summed E-state index contributed by atoms with van der Waals surface area (Å²) in [4.78, 5) is 11.0. The Morgan fingerprint density at radius 1 is 1.33 bits per heavy atom. The number of fused-ring (bicyclic) bond motifs is 1. The van der Waals surface area contributed by atoms with E-state index in [1.807, 2.05) is 0 Å². The van der Waals surface area contributed by atoms with Gasteiger partial charge in [0.25, 0.3) is 0 Å². The van der Waals surface area contributed by atoms with Crippen LogP contribution in [0.1, 0.15) is 10.6 Å². The number of carbonyl (C=O) groups is 1. The first-order valence-corrected chi connectivity index (χ1v) is 4.08. The zero-order valence-electron chi connectivity index (χ0n) is 7.71. The van der Waals surface area contributed by atoms with E-state index in [9.17, 15) is 13.6 Å². The van der Waals surface area contributed by atoms with Gasteiger partial charge in [0.15, 0.2) is 11.4 Å². The Morgan fingerprint density at radius 2 is 2.07 bits per heavy atom. The van der Waals surface area contributed by atoms with E-state index in [-0.39, 0.29) is 16.7 Å². The van der Waals surface area contributed by atoms with Crippen molar-refractivity contribution >= 4 is 16.9 Å². The highest BCUT2D eigenvalue weighted by Gasteiger charge is 2.15. The van der Waals surface area contributed by atoms with Crippen LogP contribution in [0.3, 0.4) is 0 Å². The van der Waals surface area contributed by atoms with Crippen LogP contribution in [0.5, 0.6) is 0 Å². The summed E-state index contributed by atoms with van der Waals surface area (Å²) in [5, 5.41) is 0.188. The minimum atomic E-state index is -0.847. The number of benzene rings is 1. The topological polar surface area (TPSA) is 39.4 Å². The maximum atomic E-state index is 13.1. The van der Waals surface area contributed by atoms with Gasteiger partial charge in [-0.05, 0) is 12.1 Å². The van der Waals surface area contributed by atoms with Crippen molar-refractivity contribution in [2.24, 2.45) is 0 Å². The average molecular weight is 212 g/mol. The Bertz CT molecular complexity index is 531. The van der Waals surface area contributed by atoms with Crippen LogP contribution in [-0.2, 0) is 4.74 Å². The molecule has 0 amide bonds. The molecule has 3 nitrogen and oxygen atoms in total. The molecule has 15 heavy (non-hydrogen) atoms. The summed E-state index contributed by atoms with van der Waals surface area (Å²) in [6.45, 7) is 0. The number of methoxy groups -OCH3 is 1. The zero-order valence-corrected chi connectivity index (χ0v) is 7.71. The van der Waals surface area contributed by atoms with Gasteiger partial charge in [-0.25, -0.2) is 13.6 Å². The highest BCUT2D eigenvalue weighted by Crippen LogP contribution is 2.23. The fourth-order valence-electron chi connectivity index (χ4n) is 1.28. The third-order valence-corrected chi connectivity index (χ3v) is 1.92. The van der Waals surface area contributed by atoms with E-state index in [0.717, 1.165) is 6.07 Å². The van der Waals surface area contributed by atoms with Crippen LogP contribution in [0.2, 0.25) is 0 Å². The Balaban J connectivity index is 2.65. The second kappa shape index (κ2) is 3.34.